The molecule has 24 heavy (non-hydrogen) atoms. The van der Waals surface area contributed by atoms with Gasteiger partial charge in [-0.1, -0.05) is 34.1 Å². The van der Waals surface area contributed by atoms with Gasteiger partial charge in [0.05, 0.1) is 6.04 Å². The lowest BCUT2D eigenvalue weighted by Crippen LogP contribution is -2.43. The molecule has 4 nitrogen and oxygen atoms in total. The number of halogens is 1. The number of ether oxygens (including phenoxy) is 2. The van der Waals surface area contributed by atoms with Crippen LogP contribution in [-0.4, -0.2) is 24.7 Å². The summed E-state index contributed by atoms with van der Waals surface area (Å²) in [7, 11) is 0. The molecule has 0 aliphatic carbocycles. The van der Waals surface area contributed by atoms with Gasteiger partial charge in [-0.2, -0.15) is 0 Å². The van der Waals surface area contributed by atoms with Crippen molar-refractivity contribution >= 4 is 21.8 Å². The van der Waals surface area contributed by atoms with Crippen LogP contribution in [0.4, 0.5) is 0 Å². The minimum absolute atomic E-state index is 0.118. The van der Waals surface area contributed by atoms with E-state index in [1.165, 1.54) is 0 Å². The molecule has 0 unspecified atom stereocenters. The summed E-state index contributed by atoms with van der Waals surface area (Å²) in [5.41, 5.74) is 1.07. The van der Waals surface area contributed by atoms with Crippen molar-refractivity contribution < 1.29 is 14.3 Å². The third-order valence-corrected chi connectivity index (χ3v) is 4.00. The Morgan fingerprint density at radius 3 is 2.46 bits per heavy atom. The second-order valence-electron chi connectivity index (χ2n) is 5.70. The summed E-state index contributed by atoms with van der Waals surface area (Å²) in [6.45, 7) is 6.03. The summed E-state index contributed by atoms with van der Waals surface area (Å²) in [6.07, 6.45) is -0.577. The molecule has 5 heteroatoms. The van der Waals surface area contributed by atoms with Crippen molar-refractivity contribution in [2.24, 2.45) is 0 Å². The molecule has 0 saturated carbocycles. The van der Waals surface area contributed by atoms with Crippen LogP contribution >= 0.6 is 15.9 Å². The second-order valence-corrected chi connectivity index (χ2v) is 6.62. The number of hydrogen-bond donors (Lipinski definition) is 1. The molecule has 128 valence electrons. The molecule has 0 aromatic heterocycles. The van der Waals surface area contributed by atoms with Crippen LogP contribution in [0.5, 0.6) is 11.5 Å². The molecule has 0 bridgehead atoms. The number of carbonyl (C=O) groups excluding carboxylic acids is 1. The van der Waals surface area contributed by atoms with Crippen molar-refractivity contribution in [3.63, 3.8) is 0 Å². The first-order chi connectivity index (χ1) is 11.5. The fourth-order valence-corrected chi connectivity index (χ4v) is 2.37. The fourth-order valence-electron chi connectivity index (χ4n) is 2.11. The maximum atomic E-state index is 12.2. The Bertz CT molecular complexity index is 673. The van der Waals surface area contributed by atoms with Gasteiger partial charge in [0.1, 0.15) is 18.1 Å². The minimum Gasteiger partial charge on any atom is -0.491 e. The van der Waals surface area contributed by atoms with E-state index >= 15 is 0 Å². The molecule has 2 aromatic carbocycles. The van der Waals surface area contributed by atoms with E-state index in [9.17, 15) is 4.79 Å². The number of rotatable bonds is 7. The summed E-state index contributed by atoms with van der Waals surface area (Å²) in [6, 6.07) is 15.1. The van der Waals surface area contributed by atoms with Crippen LogP contribution in [0.1, 0.15) is 19.4 Å². The minimum atomic E-state index is -0.577. The standard InChI is InChI=1S/C19H22BrNO3/c1-13-6-4-5-7-18(13)23-12-14(2)21-19(22)15(3)24-17-10-8-16(20)9-11-17/h4-11,14-15H,12H2,1-3H3,(H,21,22)/t14-,15+/m1/s1. The molecular formula is C19H22BrNO3. The zero-order chi connectivity index (χ0) is 17.5. The lowest BCUT2D eigenvalue weighted by Gasteiger charge is -2.19. The number of amides is 1. The average molecular weight is 392 g/mol. The highest BCUT2D eigenvalue weighted by atomic mass is 79.9. The lowest BCUT2D eigenvalue weighted by molar-refractivity contribution is -0.128. The quantitative estimate of drug-likeness (QED) is 0.772. The van der Waals surface area contributed by atoms with Gasteiger partial charge in [0, 0.05) is 4.47 Å². The summed E-state index contributed by atoms with van der Waals surface area (Å²) in [5, 5.41) is 2.90. The predicted octanol–water partition coefficient (Wildman–Crippen LogP) is 4.11. The first-order valence-corrected chi connectivity index (χ1v) is 8.66. The van der Waals surface area contributed by atoms with Gasteiger partial charge in [-0.3, -0.25) is 4.79 Å². The SMILES string of the molecule is Cc1ccccc1OC[C@@H](C)NC(=O)[C@H](C)Oc1ccc(Br)cc1. The van der Waals surface area contributed by atoms with Gasteiger partial charge in [0.25, 0.3) is 5.91 Å². The number of carbonyl (C=O) groups is 1. The molecule has 0 aliphatic rings. The van der Waals surface area contributed by atoms with Crippen molar-refractivity contribution in [2.45, 2.75) is 32.9 Å². The molecule has 1 amide bonds. The van der Waals surface area contributed by atoms with Gasteiger partial charge >= 0.3 is 0 Å². The Hall–Kier alpha value is -2.01. The monoisotopic (exact) mass is 391 g/mol. The molecule has 1 N–H and O–H groups in total. The third kappa shape index (κ3) is 5.57. The highest BCUT2D eigenvalue weighted by Crippen LogP contribution is 2.18. The molecule has 2 atom stereocenters. The molecule has 0 spiro atoms. The van der Waals surface area contributed by atoms with Crippen molar-refractivity contribution in [1.29, 1.82) is 0 Å². The van der Waals surface area contributed by atoms with E-state index < -0.39 is 6.10 Å². The van der Waals surface area contributed by atoms with Gasteiger partial charge in [-0.15, -0.1) is 0 Å². The summed E-state index contributed by atoms with van der Waals surface area (Å²) < 4.78 is 12.4. The number of para-hydroxylation sites is 1. The molecule has 0 saturated heterocycles. The van der Waals surface area contributed by atoms with E-state index in [2.05, 4.69) is 21.2 Å². The number of benzene rings is 2. The van der Waals surface area contributed by atoms with E-state index in [0.717, 1.165) is 15.8 Å². The van der Waals surface area contributed by atoms with Crippen LogP contribution in [0.25, 0.3) is 0 Å². The molecule has 0 heterocycles. The molecule has 2 rings (SSSR count). The Balaban J connectivity index is 1.80. The predicted molar refractivity (Wildman–Crippen MR) is 98.5 cm³/mol. The molecule has 2 aromatic rings. The summed E-state index contributed by atoms with van der Waals surface area (Å²) in [5.74, 6) is 1.32. The highest BCUT2D eigenvalue weighted by molar-refractivity contribution is 9.10. The topological polar surface area (TPSA) is 47.6 Å². The lowest BCUT2D eigenvalue weighted by atomic mass is 10.2. The zero-order valence-electron chi connectivity index (χ0n) is 14.1. The number of hydrogen-bond acceptors (Lipinski definition) is 3. The normalized spacial score (nSPS) is 13.0. The highest BCUT2D eigenvalue weighted by Gasteiger charge is 2.17. The second kappa shape index (κ2) is 8.73. The van der Waals surface area contributed by atoms with Crippen LogP contribution < -0.4 is 14.8 Å². The van der Waals surface area contributed by atoms with E-state index in [1.54, 1.807) is 6.92 Å². The van der Waals surface area contributed by atoms with Crippen LogP contribution in [0, 0.1) is 6.92 Å². The van der Waals surface area contributed by atoms with Crippen LogP contribution in [0.2, 0.25) is 0 Å². The zero-order valence-corrected chi connectivity index (χ0v) is 15.7. The molecule has 0 fully saturated rings. The van der Waals surface area contributed by atoms with Crippen molar-refractivity contribution in [3.05, 3.63) is 58.6 Å². The Kier molecular flexibility index (Phi) is 6.67. The van der Waals surface area contributed by atoms with E-state index in [4.69, 9.17) is 9.47 Å². The van der Waals surface area contributed by atoms with Gasteiger partial charge in [0.15, 0.2) is 6.10 Å². The fraction of sp³-hybridized carbons (Fsp3) is 0.316. The smallest absolute Gasteiger partial charge is 0.261 e. The molecule has 0 aliphatic heterocycles. The maximum Gasteiger partial charge on any atom is 0.261 e. The van der Waals surface area contributed by atoms with Gasteiger partial charge in [-0.05, 0) is 56.7 Å². The molecule has 0 radical (unpaired) electrons. The van der Waals surface area contributed by atoms with Gasteiger partial charge in [-0.25, -0.2) is 0 Å². The van der Waals surface area contributed by atoms with E-state index in [0.29, 0.717) is 12.4 Å². The Morgan fingerprint density at radius 1 is 1.12 bits per heavy atom. The van der Waals surface area contributed by atoms with Crippen molar-refractivity contribution in [1.82, 2.24) is 5.32 Å². The van der Waals surface area contributed by atoms with Crippen LogP contribution in [0.15, 0.2) is 53.0 Å². The summed E-state index contributed by atoms with van der Waals surface area (Å²) >= 11 is 3.37. The Labute approximate surface area is 151 Å². The van der Waals surface area contributed by atoms with Crippen LogP contribution in [-0.2, 0) is 4.79 Å². The maximum absolute atomic E-state index is 12.2. The first-order valence-electron chi connectivity index (χ1n) is 7.86. The van der Waals surface area contributed by atoms with Crippen molar-refractivity contribution in [3.8, 4) is 11.5 Å². The molecular weight excluding hydrogens is 370 g/mol. The number of nitrogens with one attached hydrogen (secondary N) is 1. The third-order valence-electron chi connectivity index (χ3n) is 3.47. The van der Waals surface area contributed by atoms with E-state index in [1.807, 2.05) is 62.4 Å². The van der Waals surface area contributed by atoms with Crippen molar-refractivity contribution in [2.75, 3.05) is 6.61 Å². The van der Waals surface area contributed by atoms with E-state index in [-0.39, 0.29) is 11.9 Å². The number of aryl methyl sites for hydroxylation is 1. The van der Waals surface area contributed by atoms with Crippen LogP contribution in [0.3, 0.4) is 0 Å². The first kappa shape index (κ1) is 18.3. The largest absolute Gasteiger partial charge is 0.491 e. The van der Waals surface area contributed by atoms with Gasteiger partial charge in [0.2, 0.25) is 0 Å². The Morgan fingerprint density at radius 2 is 1.79 bits per heavy atom. The summed E-state index contributed by atoms with van der Waals surface area (Å²) in [4.78, 5) is 12.2. The van der Waals surface area contributed by atoms with Gasteiger partial charge < -0.3 is 14.8 Å². The average Bonchev–Trinajstić information content (AvgIpc) is 2.56.